The van der Waals surface area contributed by atoms with Gasteiger partial charge in [-0.15, -0.1) is 11.3 Å². The van der Waals surface area contributed by atoms with Gasteiger partial charge in [0.2, 0.25) is 0 Å². The van der Waals surface area contributed by atoms with Crippen molar-refractivity contribution in [3.63, 3.8) is 0 Å². The first-order valence-corrected chi connectivity index (χ1v) is 11.3. The van der Waals surface area contributed by atoms with Crippen LogP contribution >= 0.6 is 22.9 Å². The number of carbonyl (C=O) groups is 1. The Morgan fingerprint density at radius 3 is 2.58 bits per heavy atom. The molecule has 0 bridgehead atoms. The van der Waals surface area contributed by atoms with Gasteiger partial charge in [0.05, 0.1) is 12.8 Å². The van der Waals surface area contributed by atoms with Crippen LogP contribution in [0.15, 0.2) is 60.1 Å². The van der Waals surface area contributed by atoms with Crippen LogP contribution in [0.4, 0.5) is 5.69 Å². The van der Waals surface area contributed by atoms with Crippen molar-refractivity contribution in [3.05, 3.63) is 70.8 Å². The molecular formula is C23H21ClN4O2S. The van der Waals surface area contributed by atoms with Crippen molar-refractivity contribution < 1.29 is 9.53 Å². The van der Waals surface area contributed by atoms with Crippen molar-refractivity contribution in [2.75, 3.05) is 38.2 Å². The molecule has 6 nitrogen and oxygen atoms in total. The van der Waals surface area contributed by atoms with Crippen LogP contribution in [0.2, 0.25) is 5.02 Å². The van der Waals surface area contributed by atoms with Gasteiger partial charge in [-0.3, -0.25) is 9.20 Å². The Morgan fingerprint density at radius 2 is 1.87 bits per heavy atom. The van der Waals surface area contributed by atoms with Crippen LogP contribution in [0.5, 0.6) is 5.75 Å². The minimum absolute atomic E-state index is 0.0377. The SMILES string of the molecule is COc1ccc(-c2cn3c(C(=O)N4CCN(c5cccc(Cl)c5)CC4)csc3n2)cc1. The van der Waals surface area contributed by atoms with Crippen LogP contribution < -0.4 is 9.64 Å². The molecule has 2 aromatic carbocycles. The number of benzene rings is 2. The number of hydrogen-bond donors (Lipinski definition) is 0. The van der Waals surface area contributed by atoms with Gasteiger partial charge in [0.15, 0.2) is 4.96 Å². The summed E-state index contributed by atoms with van der Waals surface area (Å²) in [6, 6.07) is 15.6. The third-order valence-electron chi connectivity index (χ3n) is 5.55. The zero-order chi connectivity index (χ0) is 21.4. The number of thiazole rings is 1. The van der Waals surface area contributed by atoms with Crippen molar-refractivity contribution in [2.24, 2.45) is 0 Å². The fourth-order valence-corrected chi connectivity index (χ4v) is 4.87. The summed E-state index contributed by atoms with van der Waals surface area (Å²) >= 11 is 7.61. The second kappa shape index (κ2) is 8.24. The Kier molecular flexibility index (Phi) is 5.29. The van der Waals surface area contributed by atoms with Crippen molar-refractivity contribution in [3.8, 4) is 17.0 Å². The van der Waals surface area contributed by atoms with Gasteiger partial charge in [-0.1, -0.05) is 17.7 Å². The van der Waals surface area contributed by atoms with Crippen LogP contribution in [0, 0.1) is 0 Å². The van der Waals surface area contributed by atoms with E-state index < -0.39 is 0 Å². The summed E-state index contributed by atoms with van der Waals surface area (Å²) < 4.78 is 7.12. The molecule has 1 fully saturated rings. The van der Waals surface area contributed by atoms with E-state index in [1.807, 2.05) is 63.3 Å². The smallest absolute Gasteiger partial charge is 0.271 e. The van der Waals surface area contributed by atoms with Gasteiger partial charge < -0.3 is 14.5 Å². The number of amides is 1. The molecule has 1 aliphatic heterocycles. The number of halogens is 1. The number of methoxy groups -OCH3 is 1. The van der Waals surface area contributed by atoms with E-state index in [-0.39, 0.29) is 5.91 Å². The van der Waals surface area contributed by atoms with Crippen LogP contribution in [-0.2, 0) is 0 Å². The molecular weight excluding hydrogens is 432 g/mol. The number of aromatic nitrogens is 2. The highest BCUT2D eigenvalue weighted by molar-refractivity contribution is 7.15. The summed E-state index contributed by atoms with van der Waals surface area (Å²) in [4.78, 5) is 22.9. The lowest BCUT2D eigenvalue weighted by atomic mass is 10.2. The topological polar surface area (TPSA) is 50.1 Å². The molecule has 3 heterocycles. The van der Waals surface area contributed by atoms with Gasteiger partial charge in [0.1, 0.15) is 11.4 Å². The molecule has 4 aromatic rings. The van der Waals surface area contributed by atoms with E-state index in [0.29, 0.717) is 18.8 Å². The van der Waals surface area contributed by atoms with Gasteiger partial charge in [0.25, 0.3) is 5.91 Å². The highest BCUT2D eigenvalue weighted by Gasteiger charge is 2.25. The van der Waals surface area contributed by atoms with Crippen molar-refractivity contribution in [1.82, 2.24) is 14.3 Å². The Balaban J connectivity index is 1.32. The molecule has 0 atom stereocenters. The standard InChI is InChI=1S/C23H21ClN4O2S/c1-30-19-7-5-16(6-8-19)20-14-28-21(15-31-23(28)25-20)22(29)27-11-9-26(10-12-27)18-4-2-3-17(24)13-18/h2-8,13-15H,9-12H2,1H3. The molecule has 2 aromatic heterocycles. The molecule has 1 amide bonds. The summed E-state index contributed by atoms with van der Waals surface area (Å²) in [7, 11) is 1.65. The van der Waals surface area contributed by atoms with Crippen LogP contribution in [-0.4, -0.2) is 53.5 Å². The van der Waals surface area contributed by atoms with Gasteiger partial charge in [0, 0.05) is 54.0 Å². The first-order valence-electron chi connectivity index (χ1n) is 10.0. The number of nitrogens with zero attached hydrogens (tertiary/aromatic N) is 4. The monoisotopic (exact) mass is 452 g/mol. The molecule has 0 spiro atoms. The predicted octanol–water partition coefficient (Wildman–Crippen LogP) is 4.69. The number of imidazole rings is 1. The van der Waals surface area contributed by atoms with Crippen LogP contribution in [0.25, 0.3) is 16.2 Å². The summed E-state index contributed by atoms with van der Waals surface area (Å²) in [5.74, 6) is 0.841. The molecule has 31 heavy (non-hydrogen) atoms. The maximum absolute atomic E-state index is 13.2. The fourth-order valence-electron chi connectivity index (χ4n) is 3.84. The minimum atomic E-state index is 0.0377. The molecule has 0 unspecified atom stereocenters. The normalized spacial score (nSPS) is 14.3. The van der Waals surface area contributed by atoms with Crippen LogP contribution in [0.1, 0.15) is 10.5 Å². The second-order valence-corrected chi connectivity index (χ2v) is 8.66. The van der Waals surface area contributed by atoms with E-state index in [4.69, 9.17) is 21.3 Å². The molecule has 1 saturated heterocycles. The van der Waals surface area contributed by atoms with E-state index in [0.717, 1.165) is 45.8 Å². The quantitative estimate of drug-likeness (QED) is 0.451. The van der Waals surface area contributed by atoms with Crippen LogP contribution in [0.3, 0.4) is 0 Å². The lowest BCUT2D eigenvalue weighted by molar-refractivity contribution is 0.0740. The predicted molar refractivity (Wildman–Crippen MR) is 125 cm³/mol. The molecule has 8 heteroatoms. The zero-order valence-corrected chi connectivity index (χ0v) is 18.6. The van der Waals surface area contributed by atoms with Crippen molar-refractivity contribution in [2.45, 2.75) is 0 Å². The van der Waals surface area contributed by atoms with E-state index in [2.05, 4.69) is 11.0 Å². The highest BCUT2D eigenvalue weighted by atomic mass is 35.5. The van der Waals surface area contributed by atoms with E-state index >= 15 is 0 Å². The lowest BCUT2D eigenvalue weighted by Crippen LogP contribution is -2.49. The number of carbonyl (C=O) groups excluding carboxylic acids is 1. The third-order valence-corrected chi connectivity index (χ3v) is 6.63. The maximum Gasteiger partial charge on any atom is 0.271 e. The highest BCUT2D eigenvalue weighted by Crippen LogP contribution is 2.27. The molecule has 0 aliphatic carbocycles. The van der Waals surface area contributed by atoms with Gasteiger partial charge in [-0.2, -0.15) is 0 Å². The van der Waals surface area contributed by atoms with Gasteiger partial charge >= 0.3 is 0 Å². The number of rotatable bonds is 4. The van der Waals surface area contributed by atoms with E-state index in [1.165, 1.54) is 11.3 Å². The average Bonchev–Trinajstić information content (AvgIpc) is 3.40. The van der Waals surface area contributed by atoms with Crippen molar-refractivity contribution >= 4 is 39.5 Å². The summed E-state index contributed by atoms with van der Waals surface area (Å²) in [5, 5.41) is 2.62. The third kappa shape index (κ3) is 3.86. The molecule has 0 radical (unpaired) electrons. The number of piperazine rings is 1. The summed E-state index contributed by atoms with van der Waals surface area (Å²) in [6.07, 6.45) is 1.93. The molecule has 158 valence electrons. The Bertz CT molecular complexity index is 1230. The summed E-state index contributed by atoms with van der Waals surface area (Å²) in [5.41, 5.74) is 3.58. The Labute approximate surface area is 189 Å². The van der Waals surface area contributed by atoms with Gasteiger partial charge in [-0.25, -0.2) is 4.98 Å². The Hall–Kier alpha value is -3.03. The van der Waals surface area contributed by atoms with E-state index in [9.17, 15) is 4.79 Å². The van der Waals surface area contributed by atoms with Gasteiger partial charge in [-0.05, 0) is 42.5 Å². The lowest BCUT2D eigenvalue weighted by Gasteiger charge is -2.36. The second-order valence-electron chi connectivity index (χ2n) is 7.39. The number of anilines is 1. The molecule has 0 N–H and O–H groups in total. The summed E-state index contributed by atoms with van der Waals surface area (Å²) in [6.45, 7) is 2.90. The van der Waals surface area contributed by atoms with Crippen molar-refractivity contribution in [1.29, 1.82) is 0 Å². The molecule has 0 saturated carbocycles. The average molecular weight is 453 g/mol. The first-order chi connectivity index (χ1) is 15.1. The zero-order valence-electron chi connectivity index (χ0n) is 17.0. The molecule has 5 rings (SSSR count). The number of hydrogen-bond acceptors (Lipinski definition) is 5. The Morgan fingerprint density at radius 1 is 1.10 bits per heavy atom. The largest absolute Gasteiger partial charge is 0.497 e. The number of ether oxygens (including phenoxy) is 1. The minimum Gasteiger partial charge on any atom is -0.497 e. The maximum atomic E-state index is 13.2. The molecule has 1 aliphatic rings. The van der Waals surface area contributed by atoms with E-state index in [1.54, 1.807) is 7.11 Å². The first kappa shape index (κ1) is 19.9. The number of fused-ring (bicyclic) bond motifs is 1. The fraction of sp³-hybridized carbons (Fsp3) is 0.217.